The van der Waals surface area contributed by atoms with E-state index in [2.05, 4.69) is 4.98 Å². The number of hydrogen-bond acceptors (Lipinski definition) is 5. The van der Waals surface area contributed by atoms with Crippen LogP contribution in [0.15, 0.2) is 53.8 Å². The van der Waals surface area contributed by atoms with Crippen molar-refractivity contribution in [3.8, 4) is 0 Å². The van der Waals surface area contributed by atoms with Crippen LogP contribution in [0.2, 0.25) is 0 Å². The number of sulfone groups is 1. The van der Waals surface area contributed by atoms with Gasteiger partial charge in [0, 0.05) is 45.2 Å². The van der Waals surface area contributed by atoms with Gasteiger partial charge in [-0.05, 0) is 36.8 Å². The molecule has 0 saturated heterocycles. The third-order valence-corrected chi connectivity index (χ3v) is 5.65. The van der Waals surface area contributed by atoms with E-state index in [1.165, 1.54) is 9.30 Å². The van der Waals surface area contributed by atoms with Crippen molar-refractivity contribution in [3.05, 3.63) is 65.5 Å². The number of carbonyl (C=O) groups excluding carboxylic acids is 2. The van der Waals surface area contributed by atoms with Crippen LogP contribution >= 0.6 is 0 Å². The van der Waals surface area contributed by atoms with Gasteiger partial charge in [0.15, 0.2) is 5.69 Å². The third-order valence-electron chi connectivity index (χ3n) is 4.70. The highest BCUT2D eigenvalue weighted by molar-refractivity contribution is 7.90. The first kappa shape index (κ1) is 21.5. The lowest BCUT2D eigenvalue weighted by Crippen LogP contribution is -2.30. The Labute approximate surface area is 175 Å². The Balaban J connectivity index is 1.91. The Morgan fingerprint density at radius 3 is 2.27 bits per heavy atom. The molecule has 2 heterocycles. The Hall–Kier alpha value is -3.20. The molecule has 0 unspecified atom stereocenters. The Morgan fingerprint density at radius 1 is 1.03 bits per heavy atom. The summed E-state index contributed by atoms with van der Waals surface area (Å²) < 4.78 is 25.6. The topological polar surface area (TPSA) is 92.1 Å². The van der Waals surface area contributed by atoms with E-state index in [1.54, 1.807) is 67.7 Å². The van der Waals surface area contributed by atoms with Gasteiger partial charge in [-0.1, -0.05) is 18.2 Å². The quantitative estimate of drug-likeness (QED) is 0.600. The van der Waals surface area contributed by atoms with Gasteiger partial charge in [-0.25, -0.2) is 13.4 Å². The van der Waals surface area contributed by atoms with Gasteiger partial charge in [0.25, 0.3) is 11.8 Å². The maximum atomic E-state index is 13.2. The Bertz CT molecular complexity index is 1200. The van der Waals surface area contributed by atoms with Crippen LogP contribution in [0.1, 0.15) is 33.3 Å². The lowest BCUT2D eigenvalue weighted by atomic mass is 10.1. The smallest absolute Gasteiger partial charge is 0.275 e. The van der Waals surface area contributed by atoms with Gasteiger partial charge in [0.05, 0.1) is 5.52 Å². The fourth-order valence-corrected chi connectivity index (χ4v) is 3.91. The molecular weight excluding hydrogens is 404 g/mol. The fraction of sp³-hybridized carbons (Fsp3) is 0.286. The van der Waals surface area contributed by atoms with E-state index in [9.17, 15) is 18.0 Å². The average Bonchev–Trinajstić information content (AvgIpc) is 3.11. The van der Waals surface area contributed by atoms with Crippen LogP contribution in [0.3, 0.4) is 0 Å². The van der Waals surface area contributed by atoms with E-state index >= 15 is 0 Å². The van der Waals surface area contributed by atoms with Crippen molar-refractivity contribution < 1.29 is 18.0 Å². The molecule has 0 atom stereocenters. The van der Waals surface area contributed by atoms with Crippen LogP contribution in [0.4, 0.5) is 0 Å². The fourth-order valence-electron chi connectivity index (χ4n) is 3.14. The zero-order chi connectivity index (χ0) is 22.1. The molecule has 0 saturated carbocycles. The molecule has 3 aromatic rings. The molecule has 2 aromatic heterocycles. The predicted octanol–water partition coefficient (Wildman–Crippen LogP) is 2.10. The molecule has 0 fully saturated rings. The maximum Gasteiger partial charge on any atom is 0.275 e. The highest BCUT2D eigenvalue weighted by Crippen LogP contribution is 2.20. The van der Waals surface area contributed by atoms with Gasteiger partial charge in [0.2, 0.25) is 15.0 Å². The second-order valence-electron chi connectivity index (χ2n) is 7.19. The van der Waals surface area contributed by atoms with Crippen molar-refractivity contribution in [2.45, 2.75) is 18.6 Å². The van der Waals surface area contributed by atoms with Gasteiger partial charge in [-0.15, -0.1) is 0 Å². The number of rotatable bonds is 6. The number of hydrogen-bond donors (Lipinski definition) is 0. The van der Waals surface area contributed by atoms with Gasteiger partial charge < -0.3 is 9.80 Å². The number of pyridine rings is 1. The van der Waals surface area contributed by atoms with Crippen LogP contribution in [-0.4, -0.2) is 66.3 Å². The van der Waals surface area contributed by atoms with E-state index in [1.807, 2.05) is 6.92 Å². The van der Waals surface area contributed by atoms with Crippen molar-refractivity contribution in [2.75, 3.05) is 26.9 Å². The van der Waals surface area contributed by atoms with E-state index in [0.29, 0.717) is 24.2 Å². The molecule has 0 bridgehead atoms. The molecule has 0 radical (unpaired) electrons. The summed E-state index contributed by atoms with van der Waals surface area (Å²) in [5.41, 5.74) is 1.95. The van der Waals surface area contributed by atoms with Gasteiger partial charge >= 0.3 is 0 Å². The zero-order valence-electron chi connectivity index (χ0n) is 17.4. The van der Waals surface area contributed by atoms with Gasteiger partial charge in [-0.2, -0.15) is 0 Å². The first-order chi connectivity index (χ1) is 14.1. The molecule has 3 rings (SSSR count). The van der Waals surface area contributed by atoms with Crippen molar-refractivity contribution in [2.24, 2.45) is 0 Å². The lowest BCUT2D eigenvalue weighted by molar-refractivity contribution is 0.0747. The molecule has 8 nitrogen and oxygen atoms in total. The van der Waals surface area contributed by atoms with E-state index in [-0.39, 0.29) is 22.7 Å². The summed E-state index contributed by atoms with van der Waals surface area (Å²) in [7, 11) is -0.232. The second-order valence-corrected chi connectivity index (χ2v) is 9.10. The van der Waals surface area contributed by atoms with Crippen LogP contribution in [0, 0.1) is 0 Å². The van der Waals surface area contributed by atoms with Crippen LogP contribution in [-0.2, 0) is 16.4 Å². The first-order valence-corrected chi connectivity index (χ1v) is 11.3. The van der Waals surface area contributed by atoms with E-state index < -0.39 is 9.84 Å². The van der Waals surface area contributed by atoms with Crippen molar-refractivity contribution >= 4 is 27.2 Å². The second kappa shape index (κ2) is 8.27. The average molecular weight is 429 g/mol. The monoisotopic (exact) mass is 428 g/mol. The molecule has 0 aliphatic carbocycles. The lowest BCUT2D eigenvalue weighted by Gasteiger charge is -2.20. The summed E-state index contributed by atoms with van der Waals surface area (Å²) in [4.78, 5) is 32.5. The minimum absolute atomic E-state index is 0.0947. The molecule has 0 N–H and O–H groups in total. The molecular formula is C21H24N4O4S. The van der Waals surface area contributed by atoms with Crippen molar-refractivity contribution in [1.82, 2.24) is 19.2 Å². The van der Waals surface area contributed by atoms with Crippen molar-refractivity contribution in [3.63, 3.8) is 0 Å². The molecule has 2 amide bonds. The number of amides is 2. The van der Waals surface area contributed by atoms with Gasteiger partial charge in [-0.3, -0.25) is 14.0 Å². The molecule has 9 heteroatoms. The van der Waals surface area contributed by atoms with Crippen LogP contribution in [0.25, 0.3) is 5.52 Å². The molecule has 30 heavy (non-hydrogen) atoms. The third kappa shape index (κ3) is 4.20. The molecule has 0 aliphatic rings. The SMILES string of the molecule is CCN(Cc1ccc(C(=O)N(C)C)cc1)C(=O)c1nc(S(C)(=O)=O)n2ccccc12. The Morgan fingerprint density at radius 2 is 1.70 bits per heavy atom. The predicted molar refractivity (Wildman–Crippen MR) is 113 cm³/mol. The summed E-state index contributed by atoms with van der Waals surface area (Å²) in [6, 6.07) is 12.2. The number of fused-ring (bicyclic) bond motifs is 1. The normalized spacial score (nSPS) is 11.5. The highest BCUT2D eigenvalue weighted by atomic mass is 32.2. The number of benzene rings is 1. The molecule has 158 valence electrons. The minimum Gasteiger partial charge on any atom is -0.345 e. The van der Waals surface area contributed by atoms with Crippen LogP contribution < -0.4 is 0 Å². The maximum absolute atomic E-state index is 13.2. The first-order valence-electron chi connectivity index (χ1n) is 9.40. The summed E-state index contributed by atoms with van der Waals surface area (Å²) >= 11 is 0. The number of aromatic nitrogens is 2. The molecule has 0 spiro atoms. The van der Waals surface area contributed by atoms with Crippen LogP contribution in [0.5, 0.6) is 0 Å². The standard InChI is InChI=1S/C21H24N4O4S/c1-5-24(14-15-9-11-16(12-10-15)19(26)23(2)3)20(27)18-17-8-6-7-13-25(17)21(22-18)30(4,28)29/h6-13H,5,14H2,1-4H3. The summed E-state index contributed by atoms with van der Waals surface area (Å²) in [5, 5.41) is -0.163. The van der Waals surface area contributed by atoms with Crippen molar-refractivity contribution in [1.29, 1.82) is 0 Å². The highest BCUT2D eigenvalue weighted by Gasteiger charge is 2.25. The van der Waals surface area contributed by atoms with E-state index in [4.69, 9.17) is 0 Å². The summed E-state index contributed by atoms with van der Waals surface area (Å²) in [6.07, 6.45) is 2.64. The van der Waals surface area contributed by atoms with E-state index in [0.717, 1.165) is 11.8 Å². The minimum atomic E-state index is -3.61. The summed E-state index contributed by atoms with van der Waals surface area (Å²) in [6.45, 7) is 2.57. The number of nitrogens with zero attached hydrogens (tertiary/aromatic N) is 4. The molecule has 0 aliphatic heterocycles. The number of imidazole rings is 1. The zero-order valence-corrected chi connectivity index (χ0v) is 18.2. The van der Waals surface area contributed by atoms with Gasteiger partial charge in [0.1, 0.15) is 0 Å². The summed E-state index contributed by atoms with van der Waals surface area (Å²) in [5.74, 6) is -0.452. The Kier molecular flexibility index (Phi) is 5.93. The largest absolute Gasteiger partial charge is 0.345 e. The molecule has 1 aromatic carbocycles. The number of carbonyl (C=O) groups is 2.